The minimum absolute atomic E-state index is 0.0503. The Balaban J connectivity index is 1.55. The summed E-state index contributed by atoms with van der Waals surface area (Å²) in [6.07, 6.45) is -7.09. The number of amidine groups is 1. The molecule has 3 heterocycles. The van der Waals surface area contributed by atoms with E-state index in [1.807, 2.05) is 0 Å². The van der Waals surface area contributed by atoms with Crippen LogP contribution in [0.5, 0.6) is 5.75 Å². The van der Waals surface area contributed by atoms with Crippen LogP contribution >= 0.6 is 11.3 Å². The van der Waals surface area contributed by atoms with E-state index >= 15 is 0 Å². The van der Waals surface area contributed by atoms with Crippen LogP contribution in [0.3, 0.4) is 0 Å². The van der Waals surface area contributed by atoms with Gasteiger partial charge in [-0.25, -0.2) is 9.78 Å². The van der Waals surface area contributed by atoms with E-state index in [2.05, 4.69) is 30.0 Å². The number of halogens is 3. The van der Waals surface area contributed by atoms with Crippen molar-refractivity contribution < 1.29 is 59.5 Å². The predicted octanol–water partition coefficient (Wildman–Crippen LogP) is -0.486. The summed E-state index contributed by atoms with van der Waals surface area (Å²) in [5.41, 5.74) is 7.98. The van der Waals surface area contributed by atoms with Crippen molar-refractivity contribution in [3.05, 3.63) is 40.4 Å². The molecule has 2 atom stereocenters. The Kier molecular flexibility index (Phi) is 9.96. The maximum atomic E-state index is 13.8. The second-order valence-electron chi connectivity index (χ2n) is 10.5. The topological polar surface area (TPSA) is 270 Å². The number of hydroxylamine groups is 2. The molecule has 4 rings (SSSR count). The lowest BCUT2D eigenvalue weighted by molar-refractivity contribution is -0.218. The van der Waals surface area contributed by atoms with Gasteiger partial charge in [-0.2, -0.15) is 26.7 Å². The molecule has 256 valence electrons. The molecule has 0 radical (unpaired) electrons. The molecule has 2 aromatic rings. The Morgan fingerprint density at radius 1 is 1.28 bits per heavy atom. The Labute approximate surface area is 267 Å². The van der Waals surface area contributed by atoms with Gasteiger partial charge in [-0.15, -0.1) is 4.28 Å². The van der Waals surface area contributed by atoms with Crippen molar-refractivity contribution in [3.63, 3.8) is 0 Å². The summed E-state index contributed by atoms with van der Waals surface area (Å²) in [6, 6.07) is 4.46. The van der Waals surface area contributed by atoms with Crippen LogP contribution in [0.1, 0.15) is 30.0 Å². The highest BCUT2D eigenvalue weighted by molar-refractivity contribution is 7.80. The van der Waals surface area contributed by atoms with Crippen LogP contribution in [0.15, 0.2) is 34.4 Å². The number of hydrogen-bond acceptors (Lipinski definition) is 14. The molecule has 2 aliphatic rings. The van der Waals surface area contributed by atoms with Crippen LogP contribution in [-0.2, 0) is 40.1 Å². The fraction of sp³-hybridized carbons (Fsp3) is 0.417. The van der Waals surface area contributed by atoms with Gasteiger partial charge in [0.25, 0.3) is 17.9 Å². The number of hydrogen-bond donors (Lipinski definition) is 6. The van der Waals surface area contributed by atoms with Crippen molar-refractivity contribution in [1.82, 2.24) is 20.7 Å². The normalized spacial score (nSPS) is 19.4. The van der Waals surface area contributed by atoms with Gasteiger partial charge in [0.2, 0.25) is 0 Å². The maximum Gasteiger partial charge on any atom is 0.427 e. The van der Waals surface area contributed by atoms with E-state index in [-0.39, 0.29) is 34.0 Å². The number of amides is 2. The molecule has 0 aliphatic carbocycles. The number of aliphatic carboxylic acids is 1. The molecule has 2 fully saturated rings. The van der Waals surface area contributed by atoms with Crippen LogP contribution in [0.2, 0.25) is 0 Å². The number of anilines is 1. The molecular formula is C24H27F3N8O10S2. The minimum Gasteiger partial charge on any atom is -0.489 e. The van der Waals surface area contributed by atoms with Gasteiger partial charge in [-0.1, -0.05) is 16.5 Å². The number of nitrogens with one attached hydrogen (secondary N) is 2. The number of ether oxygens (including phenoxy) is 1. The number of alkyl halides is 3. The first-order valence-corrected chi connectivity index (χ1v) is 15.4. The van der Waals surface area contributed by atoms with Gasteiger partial charge in [-0.05, 0) is 38.1 Å². The first-order valence-electron chi connectivity index (χ1n) is 13.2. The van der Waals surface area contributed by atoms with E-state index in [1.165, 1.54) is 26.0 Å². The van der Waals surface area contributed by atoms with Gasteiger partial charge in [0.15, 0.2) is 10.8 Å². The summed E-state index contributed by atoms with van der Waals surface area (Å²) >= 11 is -0.0543. The summed E-state index contributed by atoms with van der Waals surface area (Å²) in [5, 5.41) is 17.7. The average molecular weight is 709 g/mol. The molecule has 0 spiro atoms. The number of aromatic nitrogens is 1. The fourth-order valence-electron chi connectivity index (χ4n) is 4.09. The SMILES string of the molecule is CC1(C)C(NC(=O)C(=NOC(COc2ccc(C(N)=NC3CNC3)cc2)C(=O)O)c2nc(N)sc2C(F)(F)F)C(=O)N1OS(=O)(=O)O. The van der Waals surface area contributed by atoms with Crippen LogP contribution in [0.25, 0.3) is 0 Å². The zero-order chi connectivity index (χ0) is 34.9. The Morgan fingerprint density at radius 3 is 2.43 bits per heavy atom. The number of thiazole rings is 1. The lowest BCUT2D eigenvalue weighted by Gasteiger charge is -2.50. The number of aliphatic imine (C=N–C) groups is 1. The van der Waals surface area contributed by atoms with Crippen molar-refractivity contribution in [2.24, 2.45) is 15.9 Å². The van der Waals surface area contributed by atoms with E-state index < -0.39 is 80.1 Å². The number of carbonyl (C=O) groups excluding carboxylic acids is 2. The summed E-state index contributed by atoms with van der Waals surface area (Å²) in [6.45, 7) is 3.03. The summed E-state index contributed by atoms with van der Waals surface area (Å²) < 4.78 is 82.1. The number of carbonyl (C=O) groups is 3. The number of rotatable bonds is 13. The zero-order valence-electron chi connectivity index (χ0n) is 24.2. The third kappa shape index (κ3) is 8.23. The summed E-state index contributed by atoms with van der Waals surface area (Å²) in [4.78, 5) is 48.9. The Hall–Kier alpha value is -4.58. The van der Waals surface area contributed by atoms with Gasteiger partial charge in [0.05, 0.1) is 11.6 Å². The van der Waals surface area contributed by atoms with Crippen molar-refractivity contribution in [2.75, 3.05) is 25.4 Å². The van der Waals surface area contributed by atoms with Crippen molar-refractivity contribution >= 4 is 56.2 Å². The molecule has 2 unspecified atom stereocenters. The highest BCUT2D eigenvalue weighted by Crippen LogP contribution is 2.38. The van der Waals surface area contributed by atoms with Gasteiger partial charge in [-0.3, -0.25) is 19.1 Å². The molecule has 2 aliphatic heterocycles. The molecule has 8 N–H and O–H groups in total. The molecule has 1 aromatic heterocycles. The number of β-lactam (4-membered cyclic amide) rings is 1. The van der Waals surface area contributed by atoms with Crippen LogP contribution in [-0.4, -0.2) is 101 Å². The standard InChI is InChI=1S/C24H27F3N8O10S2/c1-23(2)16(20(37)35(23)45-47(40,41)42)33-19(36)15(14-17(24(25,26)27)46-22(29)32-14)34-44-13(21(38)39)9-43-12-5-3-10(4-6-12)18(28)31-11-7-30-8-11/h3-6,11,13,16,30H,7-9H2,1-2H3,(H2,28,31)(H2,29,32)(H,33,36)(H,38,39)(H,40,41,42). The van der Waals surface area contributed by atoms with Crippen molar-refractivity contribution in [2.45, 2.75) is 43.8 Å². The highest BCUT2D eigenvalue weighted by atomic mass is 32.3. The van der Waals surface area contributed by atoms with E-state index in [0.717, 1.165) is 0 Å². The molecule has 1 aromatic carbocycles. The number of benzene rings is 1. The van der Waals surface area contributed by atoms with E-state index in [0.29, 0.717) is 18.7 Å². The molecule has 0 saturated carbocycles. The number of nitrogen functional groups attached to an aromatic ring is 1. The number of carboxylic acid groups (broad SMARTS) is 1. The lowest BCUT2D eigenvalue weighted by atomic mass is 9.84. The van der Waals surface area contributed by atoms with Gasteiger partial charge in [0.1, 0.15) is 34.8 Å². The Bertz CT molecular complexity index is 1710. The Morgan fingerprint density at radius 2 is 1.91 bits per heavy atom. The lowest BCUT2D eigenvalue weighted by Crippen LogP contribution is -2.76. The summed E-state index contributed by atoms with van der Waals surface area (Å²) in [7, 11) is -5.16. The van der Waals surface area contributed by atoms with Gasteiger partial charge >= 0.3 is 22.5 Å². The number of oxime groups is 1. The third-order valence-corrected chi connectivity index (χ3v) is 7.91. The predicted molar refractivity (Wildman–Crippen MR) is 155 cm³/mol. The molecular weight excluding hydrogens is 681 g/mol. The zero-order valence-corrected chi connectivity index (χ0v) is 25.9. The second-order valence-corrected chi connectivity index (χ2v) is 12.5. The molecule has 18 nitrogen and oxygen atoms in total. The van der Waals surface area contributed by atoms with E-state index in [4.69, 9.17) is 25.6 Å². The third-order valence-electron chi connectivity index (χ3n) is 6.64. The average Bonchev–Trinajstić information content (AvgIpc) is 3.35. The minimum atomic E-state index is -5.16. The molecule has 2 amide bonds. The first-order chi connectivity index (χ1) is 21.8. The second kappa shape index (κ2) is 13.3. The molecule has 23 heteroatoms. The largest absolute Gasteiger partial charge is 0.489 e. The van der Waals surface area contributed by atoms with E-state index in [1.54, 1.807) is 12.1 Å². The maximum absolute atomic E-state index is 13.8. The molecule has 2 saturated heterocycles. The number of nitrogens with zero attached hydrogens (tertiary/aromatic N) is 4. The van der Waals surface area contributed by atoms with Gasteiger partial charge < -0.3 is 36.8 Å². The number of nitrogens with two attached hydrogens (primary N) is 2. The van der Waals surface area contributed by atoms with Crippen LogP contribution in [0.4, 0.5) is 18.3 Å². The van der Waals surface area contributed by atoms with Crippen LogP contribution in [0, 0.1) is 0 Å². The quantitative estimate of drug-likeness (QED) is 0.0504. The van der Waals surface area contributed by atoms with Crippen molar-refractivity contribution in [3.8, 4) is 5.75 Å². The monoisotopic (exact) mass is 708 g/mol. The van der Waals surface area contributed by atoms with Gasteiger partial charge in [0, 0.05) is 18.7 Å². The molecule has 0 bridgehead atoms. The molecule has 47 heavy (non-hydrogen) atoms. The highest BCUT2D eigenvalue weighted by Gasteiger charge is 2.58. The fourth-order valence-corrected chi connectivity index (χ4v) is 5.25. The summed E-state index contributed by atoms with van der Waals surface area (Å²) in [5.74, 6) is -3.99. The van der Waals surface area contributed by atoms with E-state index in [9.17, 15) is 41.1 Å². The smallest absolute Gasteiger partial charge is 0.427 e. The first kappa shape index (κ1) is 35.3. The van der Waals surface area contributed by atoms with Crippen molar-refractivity contribution in [1.29, 1.82) is 0 Å². The van der Waals surface area contributed by atoms with Crippen LogP contribution < -0.4 is 26.8 Å². The number of carboxylic acids is 1.